The van der Waals surface area contributed by atoms with Crippen LogP contribution in [0.5, 0.6) is 11.5 Å². The van der Waals surface area contributed by atoms with Gasteiger partial charge in [0, 0.05) is 32.3 Å². The Labute approximate surface area is 317 Å². The molecule has 0 N–H and O–H groups in total. The number of para-hydroxylation sites is 2. The number of hydrogen-bond acceptors (Lipinski definition) is 5. The van der Waals surface area contributed by atoms with E-state index in [2.05, 4.69) is 94.4 Å². The van der Waals surface area contributed by atoms with Gasteiger partial charge in [0.15, 0.2) is 6.79 Å². The Morgan fingerprint density at radius 1 is 0.642 bits per heavy atom. The molecule has 2 fully saturated rings. The van der Waals surface area contributed by atoms with Crippen molar-refractivity contribution in [3.63, 3.8) is 0 Å². The van der Waals surface area contributed by atoms with E-state index in [1.807, 2.05) is 19.1 Å². The van der Waals surface area contributed by atoms with E-state index in [9.17, 15) is 0 Å². The maximum Gasteiger partial charge on any atom is 0.189 e. The van der Waals surface area contributed by atoms with Crippen molar-refractivity contribution >= 4 is 0 Å². The molecule has 278 valence electrons. The Hall–Kier alpha value is -4.32. The van der Waals surface area contributed by atoms with Crippen LogP contribution in [0.3, 0.4) is 0 Å². The van der Waals surface area contributed by atoms with Crippen molar-refractivity contribution in [1.82, 2.24) is 0 Å². The molecule has 7 rings (SSSR count). The summed E-state index contributed by atoms with van der Waals surface area (Å²) in [6.07, 6.45) is 12.7. The van der Waals surface area contributed by atoms with Gasteiger partial charge in [-0.3, -0.25) is 0 Å². The van der Waals surface area contributed by atoms with Crippen LogP contribution >= 0.6 is 0 Å². The minimum Gasteiger partial charge on any atom is -0.497 e. The molecule has 5 heteroatoms. The van der Waals surface area contributed by atoms with Crippen molar-refractivity contribution in [2.24, 2.45) is 5.92 Å². The third-order valence-electron chi connectivity index (χ3n) is 11.0. The molecular weight excluding hydrogens is 657 g/mol. The molecule has 1 aliphatic heterocycles. The van der Waals surface area contributed by atoms with E-state index in [0.717, 1.165) is 74.9 Å². The predicted octanol–water partition coefficient (Wildman–Crippen LogP) is 10.4. The van der Waals surface area contributed by atoms with Crippen molar-refractivity contribution < 1.29 is 23.7 Å². The second kappa shape index (κ2) is 17.2. The van der Waals surface area contributed by atoms with E-state index in [1.165, 1.54) is 79.6 Å². The average Bonchev–Trinajstić information content (AvgIpc) is 4.09. The Kier molecular flexibility index (Phi) is 12.0. The van der Waals surface area contributed by atoms with Gasteiger partial charge in [-0.25, -0.2) is 0 Å². The monoisotopic (exact) mass is 712 g/mol. The topological polar surface area (TPSA) is 49.5 Å². The average molecular weight is 713 g/mol. The van der Waals surface area contributed by atoms with Crippen LogP contribution in [0.2, 0.25) is 0 Å². The Morgan fingerprint density at radius 2 is 1.25 bits per heavy atom. The molecule has 4 aromatic carbocycles. The summed E-state index contributed by atoms with van der Waals surface area (Å²) in [4.78, 5) is 0. The predicted molar refractivity (Wildman–Crippen MR) is 213 cm³/mol. The van der Waals surface area contributed by atoms with Gasteiger partial charge < -0.3 is 23.7 Å². The highest BCUT2D eigenvalue weighted by molar-refractivity contribution is 5.51. The summed E-state index contributed by atoms with van der Waals surface area (Å²) in [6.45, 7) is 14.1. The molecule has 0 aromatic heterocycles. The van der Waals surface area contributed by atoms with Gasteiger partial charge in [-0.15, -0.1) is 0 Å². The summed E-state index contributed by atoms with van der Waals surface area (Å²) in [5.41, 5.74) is 15.6. The maximum atomic E-state index is 6.64. The van der Waals surface area contributed by atoms with E-state index in [-0.39, 0.29) is 12.9 Å². The standard InChI is InChI=1S/C48H56O5/c1-6-49-31-53-47-17-10-8-13-38(47)23-41-25-43(34(4)20-32(41)2)27-44-26-42(33(3)21-35(44)5)24-40-15-11-14-39(48(40)52-30-45-29-50-45)22-37-12-7-9-16-46(37)51-28-36-18-19-36/h7-8,10-15,17,20-21,25-26,36,45H,6,9,16,18-19,22-24,27-31H2,1-5H3. The first kappa shape index (κ1) is 37.0. The number of aryl methyl sites for hydroxylation is 4. The number of epoxide rings is 1. The molecule has 53 heavy (non-hydrogen) atoms. The molecule has 1 saturated heterocycles. The van der Waals surface area contributed by atoms with Crippen molar-refractivity contribution in [1.29, 1.82) is 0 Å². The maximum absolute atomic E-state index is 6.64. The number of ether oxygens (including phenoxy) is 5. The number of hydrogen-bond donors (Lipinski definition) is 0. The molecule has 1 heterocycles. The number of rotatable bonds is 18. The molecule has 0 radical (unpaired) electrons. The lowest BCUT2D eigenvalue weighted by Gasteiger charge is -2.21. The lowest BCUT2D eigenvalue weighted by Crippen LogP contribution is -2.10. The normalized spacial score (nSPS) is 16.6. The van der Waals surface area contributed by atoms with Crippen LogP contribution < -0.4 is 9.47 Å². The molecule has 3 aliphatic rings. The lowest BCUT2D eigenvalue weighted by molar-refractivity contribution is 0.0219. The second-order valence-corrected chi connectivity index (χ2v) is 15.3. The highest BCUT2D eigenvalue weighted by atomic mass is 16.7. The SMILES string of the molecule is CCOCOc1ccccc1Cc1cc(Cc2cc(Cc3cccc(CC4=C(OCC5CC5)CCC=C4)c3OCC3CO3)c(C)cc2C)c(C)cc1C. The third-order valence-corrected chi connectivity index (χ3v) is 11.0. The van der Waals surface area contributed by atoms with Crippen LogP contribution in [0.4, 0.5) is 0 Å². The van der Waals surface area contributed by atoms with Crippen LogP contribution in [0, 0.1) is 33.6 Å². The Bertz CT molecular complexity index is 1960. The molecule has 5 nitrogen and oxygen atoms in total. The summed E-state index contributed by atoms with van der Waals surface area (Å²) in [5.74, 6) is 3.78. The third kappa shape index (κ3) is 9.82. The molecule has 2 aliphatic carbocycles. The van der Waals surface area contributed by atoms with Gasteiger partial charge in [-0.1, -0.05) is 72.8 Å². The first-order valence-corrected chi connectivity index (χ1v) is 19.7. The van der Waals surface area contributed by atoms with Crippen LogP contribution in [-0.4, -0.2) is 39.3 Å². The first-order chi connectivity index (χ1) is 25.8. The van der Waals surface area contributed by atoms with Crippen LogP contribution in [0.1, 0.15) is 93.8 Å². The number of allylic oxidation sites excluding steroid dienone is 4. The molecule has 0 bridgehead atoms. The number of benzene rings is 4. The molecule has 0 spiro atoms. The van der Waals surface area contributed by atoms with Crippen molar-refractivity contribution in [2.45, 2.75) is 92.1 Å². The van der Waals surface area contributed by atoms with Gasteiger partial charge in [0.1, 0.15) is 24.2 Å². The van der Waals surface area contributed by atoms with Gasteiger partial charge >= 0.3 is 0 Å². The van der Waals surface area contributed by atoms with Crippen LogP contribution in [0.25, 0.3) is 0 Å². The van der Waals surface area contributed by atoms with Gasteiger partial charge in [0.2, 0.25) is 0 Å². The van der Waals surface area contributed by atoms with E-state index in [1.54, 1.807) is 0 Å². The van der Waals surface area contributed by atoms with E-state index >= 15 is 0 Å². The summed E-state index contributed by atoms with van der Waals surface area (Å²) in [7, 11) is 0. The fourth-order valence-corrected chi connectivity index (χ4v) is 7.42. The van der Waals surface area contributed by atoms with Gasteiger partial charge in [0.05, 0.1) is 19.0 Å². The fraction of sp³-hybridized carbons (Fsp3) is 0.417. The van der Waals surface area contributed by atoms with Crippen molar-refractivity contribution in [3.8, 4) is 11.5 Å². The Morgan fingerprint density at radius 3 is 1.89 bits per heavy atom. The summed E-state index contributed by atoms with van der Waals surface area (Å²) >= 11 is 0. The minimum atomic E-state index is 0.188. The Balaban J connectivity index is 1.14. The zero-order valence-corrected chi connectivity index (χ0v) is 32.4. The summed E-state index contributed by atoms with van der Waals surface area (Å²) < 4.78 is 30.1. The van der Waals surface area contributed by atoms with Gasteiger partial charge in [0.25, 0.3) is 0 Å². The minimum absolute atomic E-state index is 0.188. The van der Waals surface area contributed by atoms with E-state index in [0.29, 0.717) is 13.2 Å². The van der Waals surface area contributed by atoms with Gasteiger partial charge in [-0.05, 0) is 139 Å². The molecule has 1 atom stereocenters. The molecule has 1 unspecified atom stereocenters. The van der Waals surface area contributed by atoms with Crippen molar-refractivity contribution in [2.75, 3.05) is 33.2 Å². The van der Waals surface area contributed by atoms with Gasteiger partial charge in [-0.2, -0.15) is 0 Å². The fourth-order valence-electron chi connectivity index (χ4n) is 7.42. The first-order valence-electron chi connectivity index (χ1n) is 19.7. The smallest absolute Gasteiger partial charge is 0.189 e. The second-order valence-electron chi connectivity index (χ2n) is 15.3. The quantitative estimate of drug-likeness (QED) is 0.0584. The zero-order chi connectivity index (χ0) is 36.7. The van der Waals surface area contributed by atoms with Crippen LogP contribution in [-0.2, 0) is 39.9 Å². The highest BCUT2D eigenvalue weighted by Gasteiger charge is 2.26. The highest BCUT2D eigenvalue weighted by Crippen LogP contribution is 2.35. The summed E-state index contributed by atoms with van der Waals surface area (Å²) in [5, 5.41) is 0. The van der Waals surface area contributed by atoms with E-state index < -0.39 is 0 Å². The van der Waals surface area contributed by atoms with Crippen molar-refractivity contribution in [3.05, 3.63) is 151 Å². The van der Waals surface area contributed by atoms with Crippen LogP contribution in [0.15, 0.2) is 90.2 Å². The lowest BCUT2D eigenvalue weighted by atomic mass is 9.88. The molecule has 0 amide bonds. The zero-order valence-electron chi connectivity index (χ0n) is 32.4. The molecule has 4 aromatic rings. The summed E-state index contributed by atoms with van der Waals surface area (Å²) in [6, 6.07) is 24.5. The van der Waals surface area contributed by atoms with E-state index in [4.69, 9.17) is 23.7 Å². The molecular formula is C48H56O5. The molecule has 1 saturated carbocycles. The largest absolute Gasteiger partial charge is 0.497 e.